The van der Waals surface area contributed by atoms with Crippen molar-refractivity contribution in [2.24, 2.45) is 0 Å². The molecule has 42 heavy (non-hydrogen) atoms. The highest BCUT2D eigenvalue weighted by Gasteiger charge is 2.39. The highest BCUT2D eigenvalue weighted by Crippen LogP contribution is 2.54. The smallest absolute Gasteiger partial charge is 0.246 e. The van der Waals surface area contributed by atoms with Crippen LogP contribution in [-0.4, -0.2) is 8.42 Å². The van der Waals surface area contributed by atoms with Gasteiger partial charge < -0.3 is 0 Å². The average Bonchev–Trinajstić information content (AvgIpc) is 3.04. The van der Waals surface area contributed by atoms with Crippen LogP contribution in [0.5, 0.6) is 0 Å². The molecule has 5 aromatic carbocycles. The van der Waals surface area contributed by atoms with Crippen molar-refractivity contribution in [3.8, 4) is 0 Å². The van der Waals surface area contributed by atoms with E-state index in [1.165, 1.54) is 0 Å². The van der Waals surface area contributed by atoms with Crippen molar-refractivity contribution in [1.82, 2.24) is 0 Å². The van der Waals surface area contributed by atoms with E-state index in [0.717, 1.165) is 70.7 Å². The summed E-state index contributed by atoms with van der Waals surface area (Å²) in [6.07, 6.45) is 5.54. The summed E-state index contributed by atoms with van der Waals surface area (Å²) in [7, 11) is -4.56. The fourth-order valence-corrected chi connectivity index (χ4v) is 8.93. The van der Waals surface area contributed by atoms with Gasteiger partial charge in [-0.15, -0.1) is 0 Å². The van der Waals surface area contributed by atoms with Gasteiger partial charge in [0.15, 0.2) is 0 Å². The van der Waals surface area contributed by atoms with Crippen molar-refractivity contribution in [2.75, 3.05) is 0 Å². The molecule has 5 heteroatoms. The summed E-state index contributed by atoms with van der Waals surface area (Å²) in [6, 6.07) is 40.4. The minimum atomic E-state index is -4.14. The second kappa shape index (κ2) is 13.8. The topological polar surface area (TPSA) is 43.4 Å². The van der Waals surface area contributed by atoms with Gasteiger partial charge in [0, 0.05) is 5.39 Å². The molecule has 0 heterocycles. The van der Waals surface area contributed by atoms with Gasteiger partial charge in [0.1, 0.15) is 4.90 Å². The van der Waals surface area contributed by atoms with Crippen LogP contribution in [-0.2, 0) is 32.1 Å². The van der Waals surface area contributed by atoms with Gasteiger partial charge in [0.2, 0.25) is 0 Å². The van der Waals surface area contributed by atoms with Crippen molar-refractivity contribution in [2.45, 2.75) is 62.4 Å². The van der Waals surface area contributed by atoms with Gasteiger partial charge >= 0.3 is 10.1 Å². The summed E-state index contributed by atoms with van der Waals surface area (Å²) in [6.45, 7) is 4.32. The Morgan fingerprint density at radius 1 is 0.643 bits per heavy atom. The van der Waals surface area contributed by atoms with Gasteiger partial charge in [-0.1, -0.05) is 148 Å². The molecular formula is C37H39O3PS. The lowest BCUT2D eigenvalue weighted by Crippen LogP contribution is -2.25. The van der Waals surface area contributed by atoms with E-state index in [9.17, 15) is 8.42 Å². The molecule has 0 aliphatic rings. The number of hydrogen-bond donors (Lipinski definition) is 0. The lowest BCUT2D eigenvalue weighted by molar-refractivity contribution is 0.507. The van der Waals surface area contributed by atoms with Gasteiger partial charge in [-0.05, 0) is 58.9 Å². The predicted octanol–water partition coefficient (Wildman–Crippen LogP) is 9.82. The molecule has 0 fully saturated rings. The first kappa shape index (κ1) is 30.2. The molecule has 0 aromatic heterocycles. The van der Waals surface area contributed by atoms with E-state index in [2.05, 4.69) is 56.3 Å². The molecule has 1 unspecified atom stereocenters. The third-order valence-corrected chi connectivity index (χ3v) is 11.3. The van der Waals surface area contributed by atoms with Crippen LogP contribution in [0.25, 0.3) is 10.8 Å². The van der Waals surface area contributed by atoms with Crippen LogP contribution in [0.15, 0.2) is 126 Å². The minimum absolute atomic E-state index is 0.343. The van der Waals surface area contributed by atoms with Crippen LogP contribution >= 0.6 is 8.81 Å². The molecule has 0 spiro atoms. The van der Waals surface area contributed by atoms with Crippen molar-refractivity contribution in [3.05, 3.63) is 149 Å². The molecule has 0 aliphatic heterocycles. The Hall–Kier alpha value is -3.30. The number of unbranched alkanes of at least 4 members (excludes halogenated alkanes) is 2. The van der Waals surface area contributed by atoms with E-state index < -0.39 is 24.1 Å². The van der Waals surface area contributed by atoms with Crippen molar-refractivity contribution < 1.29 is 12.4 Å². The van der Waals surface area contributed by atoms with Gasteiger partial charge in [-0.2, -0.15) is 8.42 Å². The van der Waals surface area contributed by atoms with Crippen LogP contribution in [0, 0.1) is 0 Å². The Kier molecular flexibility index (Phi) is 9.90. The largest absolute Gasteiger partial charge is 0.300 e. The minimum Gasteiger partial charge on any atom is -0.246 e. The lowest BCUT2D eigenvalue weighted by Gasteiger charge is -2.35. The van der Waals surface area contributed by atoms with Gasteiger partial charge in [-0.25, -0.2) is 3.97 Å². The third-order valence-electron chi connectivity index (χ3n) is 7.95. The van der Waals surface area contributed by atoms with E-state index in [-0.39, 0.29) is 0 Å². The lowest BCUT2D eigenvalue weighted by atomic mass is 9.84. The molecule has 0 N–H and O–H groups in total. The van der Waals surface area contributed by atoms with Crippen molar-refractivity contribution in [3.63, 3.8) is 0 Å². The Balaban J connectivity index is 1.69. The van der Waals surface area contributed by atoms with Crippen LogP contribution < -0.4 is 0 Å². The average molecular weight is 595 g/mol. The standard InChI is InChI=1S/C37H39O3PS/c1-3-5-18-29-28-30-19-16-17-27-35(30)36(34(29)26-6-4-2)42(38,39)40-41-37(31-20-10-7-11-21-31,32-22-12-8-13-23-32)33-24-14-9-15-25-33/h7-17,19-25,27-28,41H,3-6,18,26H2,1-2H3. The zero-order chi connectivity index (χ0) is 29.4. The first-order valence-corrected chi connectivity index (χ1v) is 17.2. The van der Waals surface area contributed by atoms with Gasteiger partial charge in [0.25, 0.3) is 0 Å². The fraction of sp³-hybridized carbons (Fsp3) is 0.243. The first-order chi connectivity index (χ1) is 20.5. The quantitative estimate of drug-likeness (QED) is 0.101. The molecule has 0 aliphatic carbocycles. The molecule has 216 valence electrons. The van der Waals surface area contributed by atoms with E-state index in [1.54, 1.807) is 0 Å². The zero-order valence-corrected chi connectivity index (χ0v) is 26.2. The molecule has 0 amide bonds. The number of benzene rings is 5. The summed E-state index contributed by atoms with van der Waals surface area (Å²) in [4.78, 5) is 0.343. The van der Waals surface area contributed by atoms with E-state index in [1.807, 2.05) is 78.9 Å². The van der Waals surface area contributed by atoms with E-state index >= 15 is 0 Å². The van der Waals surface area contributed by atoms with Crippen LogP contribution in [0.3, 0.4) is 0 Å². The van der Waals surface area contributed by atoms with Crippen LogP contribution in [0.4, 0.5) is 0 Å². The Bertz CT molecular complexity index is 1610. The second-order valence-electron chi connectivity index (χ2n) is 10.8. The van der Waals surface area contributed by atoms with Gasteiger partial charge in [0.05, 0.1) is 14.0 Å². The molecule has 0 saturated heterocycles. The second-order valence-corrected chi connectivity index (χ2v) is 13.7. The zero-order valence-electron chi connectivity index (χ0n) is 24.4. The predicted molar refractivity (Wildman–Crippen MR) is 177 cm³/mol. The molecule has 0 radical (unpaired) electrons. The normalized spacial score (nSPS) is 12.3. The van der Waals surface area contributed by atoms with Crippen molar-refractivity contribution >= 4 is 29.7 Å². The summed E-state index contributed by atoms with van der Waals surface area (Å²) in [5, 5.41) is 0.865. The number of aryl methyl sites for hydroxylation is 1. The SMILES string of the molecule is CCCCc1cc2ccccc2c(S(=O)(=O)OPC(c2ccccc2)(c2ccccc2)c2ccccc2)c1CCCC. The van der Waals surface area contributed by atoms with E-state index in [0.29, 0.717) is 11.3 Å². The summed E-state index contributed by atoms with van der Waals surface area (Å²) >= 11 is 0. The first-order valence-electron chi connectivity index (χ1n) is 14.9. The molecule has 1 atom stereocenters. The highest BCUT2D eigenvalue weighted by molar-refractivity contribution is 7.90. The van der Waals surface area contributed by atoms with E-state index in [4.69, 9.17) is 3.97 Å². The van der Waals surface area contributed by atoms with Crippen LogP contribution in [0.1, 0.15) is 67.3 Å². The third kappa shape index (κ3) is 6.22. The maximum Gasteiger partial charge on any atom is 0.300 e. The molecule has 3 nitrogen and oxygen atoms in total. The molecule has 0 bridgehead atoms. The summed E-state index contributed by atoms with van der Waals surface area (Å²) < 4.78 is 35.5. The summed E-state index contributed by atoms with van der Waals surface area (Å²) in [5.74, 6) is 0. The fourth-order valence-electron chi connectivity index (χ4n) is 5.82. The number of hydrogen-bond acceptors (Lipinski definition) is 3. The molecule has 5 aromatic rings. The van der Waals surface area contributed by atoms with Gasteiger partial charge in [-0.3, -0.25) is 0 Å². The molecule has 5 rings (SSSR count). The molecule has 0 saturated carbocycles. The molecular weight excluding hydrogens is 555 g/mol. The Morgan fingerprint density at radius 3 is 1.64 bits per heavy atom. The maximum absolute atomic E-state index is 14.6. The van der Waals surface area contributed by atoms with Crippen molar-refractivity contribution in [1.29, 1.82) is 0 Å². The maximum atomic E-state index is 14.6. The highest BCUT2D eigenvalue weighted by atomic mass is 32.2. The number of fused-ring (bicyclic) bond motifs is 1. The van der Waals surface area contributed by atoms with Crippen LogP contribution in [0.2, 0.25) is 0 Å². The monoisotopic (exact) mass is 594 g/mol. The summed E-state index contributed by atoms with van der Waals surface area (Å²) in [5.41, 5.74) is 5.00. The number of rotatable bonds is 13. The Labute approximate surface area is 253 Å². The Morgan fingerprint density at radius 2 is 1.12 bits per heavy atom.